The fraction of sp³-hybridized carbons (Fsp3) is 0.400. The Balaban J connectivity index is 1.62. The number of rotatable bonds is 7. The van der Waals surface area contributed by atoms with Gasteiger partial charge in [0, 0.05) is 25.5 Å². The molecular formula is C15H21N3. The van der Waals surface area contributed by atoms with Gasteiger partial charge < -0.3 is 5.32 Å². The molecule has 0 fully saturated rings. The van der Waals surface area contributed by atoms with Crippen LogP contribution >= 0.6 is 0 Å². The topological polar surface area (TPSA) is 29.9 Å². The lowest BCUT2D eigenvalue weighted by Crippen LogP contribution is -2.16. The molecular weight excluding hydrogens is 222 g/mol. The number of nitrogens with one attached hydrogen (secondary N) is 1. The van der Waals surface area contributed by atoms with E-state index in [0.717, 1.165) is 32.5 Å². The number of aromatic nitrogens is 2. The minimum atomic E-state index is 0.948. The average Bonchev–Trinajstić information content (AvgIpc) is 2.92. The molecule has 0 bridgehead atoms. The lowest BCUT2D eigenvalue weighted by Gasteiger charge is -2.06. The van der Waals surface area contributed by atoms with Gasteiger partial charge in [-0.05, 0) is 36.6 Å². The Labute approximate surface area is 109 Å². The van der Waals surface area contributed by atoms with E-state index in [1.807, 2.05) is 23.1 Å². The highest BCUT2D eigenvalue weighted by molar-refractivity contribution is 5.22. The molecule has 96 valence electrons. The van der Waals surface area contributed by atoms with Gasteiger partial charge in [0.2, 0.25) is 0 Å². The molecule has 0 aliphatic rings. The van der Waals surface area contributed by atoms with Crippen LogP contribution in [0.4, 0.5) is 0 Å². The molecule has 0 saturated carbocycles. The molecule has 18 heavy (non-hydrogen) atoms. The van der Waals surface area contributed by atoms with E-state index in [2.05, 4.69) is 41.6 Å². The van der Waals surface area contributed by atoms with Gasteiger partial charge in [0.1, 0.15) is 0 Å². The highest BCUT2D eigenvalue weighted by atomic mass is 15.3. The molecule has 3 heteroatoms. The van der Waals surface area contributed by atoms with Crippen molar-refractivity contribution in [2.24, 2.45) is 0 Å². The molecule has 0 amide bonds. The number of benzene rings is 1. The van der Waals surface area contributed by atoms with Crippen molar-refractivity contribution in [2.45, 2.75) is 32.9 Å². The van der Waals surface area contributed by atoms with Gasteiger partial charge in [-0.2, -0.15) is 5.10 Å². The van der Waals surface area contributed by atoms with E-state index in [1.54, 1.807) is 0 Å². The molecule has 1 aromatic carbocycles. The molecule has 0 unspecified atom stereocenters. The van der Waals surface area contributed by atoms with Gasteiger partial charge in [0.25, 0.3) is 0 Å². The maximum absolute atomic E-state index is 4.18. The SMILES string of the molecule is CCc1ccc(CNCCCn2cccn2)cc1. The fourth-order valence-corrected chi connectivity index (χ4v) is 1.92. The van der Waals surface area contributed by atoms with Gasteiger partial charge in [0.15, 0.2) is 0 Å². The van der Waals surface area contributed by atoms with Gasteiger partial charge in [0.05, 0.1) is 0 Å². The predicted octanol–water partition coefficient (Wildman–Crippen LogP) is 2.63. The van der Waals surface area contributed by atoms with Crippen molar-refractivity contribution in [3.05, 3.63) is 53.9 Å². The second-order valence-electron chi connectivity index (χ2n) is 4.47. The van der Waals surface area contributed by atoms with E-state index >= 15 is 0 Å². The summed E-state index contributed by atoms with van der Waals surface area (Å²) >= 11 is 0. The monoisotopic (exact) mass is 243 g/mol. The van der Waals surface area contributed by atoms with E-state index in [4.69, 9.17) is 0 Å². The number of aryl methyl sites for hydroxylation is 2. The first-order valence-electron chi connectivity index (χ1n) is 6.64. The Morgan fingerprint density at radius 1 is 1.17 bits per heavy atom. The Hall–Kier alpha value is -1.61. The molecule has 0 radical (unpaired) electrons. The predicted molar refractivity (Wildman–Crippen MR) is 74.4 cm³/mol. The van der Waals surface area contributed by atoms with Crippen LogP contribution in [-0.2, 0) is 19.5 Å². The van der Waals surface area contributed by atoms with Crippen molar-refractivity contribution in [1.82, 2.24) is 15.1 Å². The zero-order valence-electron chi connectivity index (χ0n) is 11.0. The first kappa shape index (κ1) is 12.8. The summed E-state index contributed by atoms with van der Waals surface area (Å²) in [5.74, 6) is 0. The van der Waals surface area contributed by atoms with E-state index < -0.39 is 0 Å². The molecule has 0 atom stereocenters. The third-order valence-electron chi connectivity index (χ3n) is 3.06. The van der Waals surface area contributed by atoms with Crippen molar-refractivity contribution in [1.29, 1.82) is 0 Å². The molecule has 2 aromatic rings. The smallest absolute Gasteiger partial charge is 0.0489 e. The van der Waals surface area contributed by atoms with E-state index in [1.165, 1.54) is 11.1 Å². The standard InChI is InChI=1S/C15H21N3/c1-2-14-5-7-15(8-6-14)13-16-9-3-11-18-12-4-10-17-18/h4-8,10,12,16H,2-3,9,11,13H2,1H3. The zero-order chi connectivity index (χ0) is 12.6. The number of hydrogen-bond donors (Lipinski definition) is 1. The summed E-state index contributed by atoms with van der Waals surface area (Å²) in [4.78, 5) is 0. The summed E-state index contributed by atoms with van der Waals surface area (Å²) in [5.41, 5.74) is 2.75. The van der Waals surface area contributed by atoms with Crippen molar-refractivity contribution in [2.75, 3.05) is 6.54 Å². The molecule has 3 nitrogen and oxygen atoms in total. The summed E-state index contributed by atoms with van der Waals surface area (Å²) < 4.78 is 1.97. The molecule has 0 aliphatic carbocycles. The fourth-order valence-electron chi connectivity index (χ4n) is 1.92. The van der Waals surface area contributed by atoms with Crippen LogP contribution in [0.2, 0.25) is 0 Å². The van der Waals surface area contributed by atoms with Gasteiger partial charge >= 0.3 is 0 Å². The van der Waals surface area contributed by atoms with E-state index in [0.29, 0.717) is 0 Å². The molecule has 0 aliphatic heterocycles. The maximum atomic E-state index is 4.18. The first-order chi connectivity index (χ1) is 8.88. The van der Waals surface area contributed by atoms with Crippen molar-refractivity contribution in [3.8, 4) is 0 Å². The summed E-state index contributed by atoms with van der Waals surface area (Å²) in [6.07, 6.45) is 6.04. The Morgan fingerprint density at radius 2 is 1.94 bits per heavy atom. The molecule has 1 aromatic heterocycles. The number of hydrogen-bond acceptors (Lipinski definition) is 2. The largest absolute Gasteiger partial charge is 0.313 e. The van der Waals surface area contributed by atoms with Gasteiger partial charge in [-0.3, -0.25) is 4.68 Å². The molecule has 1 heterocycles. The lowest BCUT2D eigenvalue weighted by molar-refractivity contribution is 0.543. The van der Waals surface area contributed by atoms with Crippen LogP contribution in [0.25, 0.3) is 0 Å². The van der Waals surface area contributed by atoms with Gasteiger partial charge in [-0.25, -0.2) is 0 Å². The number of nitrogens with zero attached hydrogens (tertiary/aromatic N) is 2. The Kier molecular flexibility index (Phi) is 4.97. The summed E-state index contributed by atoms with van der Waals surface area (Å²) in [7, 11) is 0. The third kappa shape index (κ3) is 4.00. The molecule has 0 spiro atoms. The molecule has 2 rings (SSSR count). The van der Waals surface area contributed by atoms with E-state index in [-0.39, 0.29) is 0 Å². The molecule has 0 saturated heterocycles. The maximum Gasteiger partial charge on any atom is 0.0489 e. The van der Waals surface area contributed by atoms with Crippen LogP contribution in [0.3, 0.4) is 0 Å². The minimum Gasteiger partial charge on any atom is -0.313 e. The summed E-state index contributed by atoms with van der Waals surface area (Å²) in [6.45, 7) is 5.13. The van der Waals surface area contributed by atoms with Crippen LogP contribution in [0.15, 0.2) is 42.7 Å². The first-order valence-corrected chi connectivity index (χ1v) is 6.64. The molecule has 1 N–H and O–H groups in total. The van der Waals surface area contributed by atoms with Crippen molar-refractivity contribution < 1.29 is 0 Å². The summed E-state index contributed by atoms with van der Waals surface area (Å²) in [6, 6.07) is 10.8. The Bertz CT molecular complexity index is 431. The zero-order valence-corrected chi connectivity index (χ0v) is 11.0. The normalized spacial score (nSPS) is 10.7. The van der Waals surface area contributed by atoms with Gasteiger partial charge in [-0.1, -0.05) is 31.2 Å². The van der Waals surface area contributed by atoms with Crippen LogP contribution in [0, 0.1) is 0 Å². The highest BCUT2D eigenvalue weighted by Crippen LogP contribution is 2.04. The van der Waals surface area contributed by atoms with Crippen molar-refractivity contribution >= 4 is 0 Å². The highest BCUT2D eigenvalue weighted by Gasteiger charge is 1.94. The minimum absolute atomic E-state index is 0.948. The van der Waals surface area contributed by atoms with Crippen LogP contribution in [0.5, 0.6) is 0 Å². The van der Waals surface area contributed by atoms with Crippen LogP contribution in [0.1, 0.15) is 24.5 Å². The van der Waals surface area contributed by atoms with Crippen LogP contribution < -0.4 is 5.32 Å². The summed E-state index contributed by atoms with van der Waals surface area (Å²) in [5, 5.41) is 7.64. The van der Waals surface area contributed by atoms with Crippen molar-refractivity contribution in [3.63, 3.8) is 0 Å². The third-order valence-corrected chi connectivity index (χ3v) is 3.06. The second-order valence-corrected chi connectivity index (χ2v) is 4.47. The Morgan fingerprint density at radius 3 is 2.61 bits per heavy atom. The second kappa shape index (κ2) is 6.97. The van der Waals surface area contributed by atoms with E-state index in [9.17, 15) is 0 Å². The average molecular weight is 243 g/mol. The van der Waals surface area contributed by atoms with Crippen LogP contribution in [-0.4, -0.2) is 16.3 Å². The quantitative estimate of drug-likeness (QED) is 0.758. The lowest BCUT2D eigenvalue weighted by atomic mass is 10.1. The van der Waals surface area contributed by atoms with Gasteiger partial charge in [-0.15, -0.1) is 0 Å².